The summed E-state index contributed by atoms with van der Waals surface area (Å²) in [6.45, 7) is 2.81. The van der Waals surface area contributed by atoms with Gasteiger partial charge in [-0.05, 0) is 64.8 Å². The Morgan fingerprint density at radius 1 is 1.03 bits per heavy atom. The number of imidazole rings is 1. The molecule has 0 aliphatic heterocycles. The second-order valence-electron chi connectivity index (χ2n) is 6.67. The van der Waals surface area contributed by atoms with Crippen LogP contribution in [0.15, 0.2) is 69.8 Å². The highest BCUT2D eigenvalue weighted by Crippen LogP contribution is 2.21. The smallest absolute Gasteiger partial charge is 0.291 e. The number of para-hydroxylation sites is 2. The number of amides is 2. The fourth-order valence-electron chi connectivity index (χ4n) is 3.16. The summed E-state index contributed by atoms with van der Waals surface area (Å²) in [5, 5.41) is 5.62. The molecule has 0 saturated carbocycles. The highest BCUT2D eigenvalue weighted by Gasteiger charge is 2.15. The zero-order valence-electron chi connectivity index (χ0n) is 16.2. The predicted molar refractivity (Wildman–Crippen MR) is 119 cm³/mol. The topological polar surface area (TPSA) is 89.2 Å². The van der Waals surface area contributed by atoms with Gasteiger partial charge in [-0.15, -0.1) is 0 Å². The lowest BCUT2D eigenvalue weighted by Gasteiger charge is -2.10. The Balaban J connectivity index is 1.54. The number of fused-ring (bicyclic) bond motifs is 1. The number of carbonyl (C=O) groups is 2. The van der Waals surface area contributed by atoms with Gasteiger partial charge < -0.3 is 14.3 Å². The molecule has 8 heteroatoms. The second kappa shape index (κ2) is 8.54. The van der Waals surface area contributed by atoms with Crippen LogP contribution in [-0.2, 0) is 6.54 Å². The first-order chi connectivity index (χ1) is 14.5. The normalized spacial score (nSPS) is 10.9. The number of nitrogens with one attached hydrogen (secondary N) is 2. The minimum Gasteiger partial charge on any atom is -0.444 e. The van der Waals surface area contributed by atoms with Crippen molar-refractivity contribution >= 4 is 50.4 Å². The van der Waals surface area contributed by atoms with E-state index in [2.05, 4.69) is 38.5 Å². The molecule has 2 N–H and O–H groups in total. The molecule has 0 radical (unpaired) electrons. The summed E-state index contributed by atoms with van der Waals surface area (Å²) in [5.41, 5.74) is 2.69. The first-order valence-corrected chi connectivity index (χ1v) is 10.3. The molecule has 7 nitrogen and oxygen atoms in total. The van der Waals surface area contributed by atoms with Gasteiger partial charge in [-0.2, -0.15) is 0 Å². The number of furan rings is 1. The highest BCUT2D eigenvalue weighted by molar-refractivity contribution is 9.10. The van der Waals surface area contributed by atoms with Crippen LogP contribution in [0.5, 0.6) is 0 Å². The molecule has 0 fully saturated rings. The van der Waals surface area contributed by atoms with Crippen LogP contribution in [0.3, 0.4) is 0 Å². The number of aromatic nitrogens is 2. The number of nitrogens with zero attached hydrogens (tertiary/aromatic N) is 2. The van der Waals surface area contributed by atoms with Crippen LogP contribution in [0.2, 0.25) is 0 Å². The summed E-state index contributed by atoms with van der Waals surface area (Å²) >= 11 is 3.17. The van der Waals surface area contributed by atoms with Crippen molar-refractivity contribution in [2.45, 2.75) is 19.9 Å². The molecule has 0 spiro atoms. The lowest BCUT2D eigenvalue weighted by Crippen LogP contribution is -2.17. The van der Waals surface area contributed by atoms with E-state index in [0.29, 0.717) is 21.9 Å². The van der Waals surface area contributed by atoms with Crippen LogP contribution in [0.4, 0.5) is 11.6 Å². The first-order valence-electron chi connectivity index (χ1n) is 9.48. The maximum absolute atomic E-state index is 12.9. The Kier molecular flexibility index (Phi) is 5.67. The minimum atomic E-state index is -0.400. The van der Waals surface area contributed by atoms with Gasteiger partial charge >= 0.3 is 0 Å². The Hall–Kier alpha value is -3.39. The van der Waals surface area contributed by atoms with E-state index in [9.17, 15) is 9.59 Å². The molecular formula is C22H19BrN4O3. The third kappa shape index (κ3) is 4.13. The summed E-state index contributed by atoms with van der Waals surface area (Å²) in [6, 6.07) is 17.7. The van der Waals surface area contributed by atoms with Crippen molar-refractivity contribution in [1.82, 2.24) is 9.55 Å². The minimum absolute atomic E-state index is 0.171. The third-order valence-corrected chi connectivity index (χ3v) is 4.93. The molecule has 30 heavy (non-hydrogen) atoms. The number of carbonyl (C=O) groups excluding carboxylic acids is 2. The van der Waals surface area contributed by atoms with Gasteiger partial charge in [0.2, 0.25) is 5.95 Å². The molecule has 4 aromatic rings. The van der Waals surface area contributed by atoms with Crippen molar-refractivity contribution in [2.24, 2.45) is 0 Å². The molecule has 0 unspecified atom stereocenters. The van der Waals surface area contributed by atoms with Crippen molar-refractivity contribution in [3.8, 4) is 0 Å². The van der Waals surface area contributed by atoms with E-state index in [-0.39, 0.29) is 11.7 Å². The molecule has 4 rings (SSSR count). The number of halogens is 1. The summed E-state index contributed by atoms with van der Waals surface area (Å²) in [4.78, 5) is 29.7. The van der Waals surface area contributed by atoms with E-state index in [0.717, 1.165) is 24.0 Å². The van der Waals surface area contributed by atoms with E-state index in [1.54, 1.807) is 36.4 Å². The van der Waals surface area contributed by atoms with Crippen LogP contribution in [0, 0.1) is 0 Å². The number of hydrogen-bond donors (Lipinski definition) is 2. The molecule has 2 amide bonds. The number of hydrogen-bond acceptors (Lipinski definition) is 4. The van der Waals surface area contributed by atoms with Crippen molar-refractivity contribution < 1.29 is 14.0 Å². The van der Waals surface area contributed by atoms with Gasteiger partial charge in [0.05, 0.1) is 11.0 Å². The lowest BCUT2D eigenvalue weighted by atomic mass is 10.2. The molecular weight excluding hydrogens is 448 g/mol. The lowest BCUT2D eigenvalue weighted by molar-refractivity contribution is 0.0992. The monoisotopic (exact) mass is 466 g/mol. The number of anilines is 2. The van der Waals surface area contributed by atoms with Crippen LogP contribution in [0.1, 0.15) is 34.3 Å². The van der Waals surface area contributed by atoms with Gasteiger partial charge in [-0.3, -0.25) is 14.9 Å². The largest absolute Gasteiger partial charge is 0.444 e. The van der Waals surface area contributed by atoms with Crippen molar-refractivity contribution in [1.29, 1.82) is 0 Å². The van der Waals surface area contributed by atoms with Crippen molar-refractivity contribution in [3.63, 3.8) is 0 Å². The SMILES string of the molecule is CCCn1c(NC(=O)c2cccc(NC(=O)c3ccc(Br)o3)c2)nc2ccccc21. The van der Waals surface area contributed by atoms with Gasteiger partial charge in [-0.1, -0.05) is 25.1 Å². The molecule has 152 valence electrons. The second-order valence-corrected chi connectivity index (χ2v) is 7.45. The van der Waals surface area contributed by atoms with Crippen molar-refractivity contribution in [3.05, 3.63) is 76.7 Å². The maximum atomic E-state index is 12.9. The fraction of sp³-hybridized carbons (Fsp3) is 0.136. The average molecular weight is 467 g/mol. The van der Waals surface area contributed by atoms with E-state index in [4.69, 9.17) is 4.42 Å². The van der Waals surface area contributed by atoms with Crippen molar-refractivity contribution in [2.75, 3.05) is 10.6 Å². The van der Waals surface area contributed by atoms with Gasteiger partial charge in [0.1, 0.15) is 0 Å². The van der Waals surface area contributed by atoms with Gasteiger partial charge in [0.15, 0.2) is 10.4 Å². The van der Waals surface area contributed by atoms with Gasteiger partial charge in [-0.25, -0.2) is 4.98 Å². The molecule has 0 aliphatic carbocycles. The van der Waals surface area contributed by atoms with E-state index in [1.807, 2.05) is 28.8 Å². The third-order valence-electron chi connectivity index (χ3n) is 4.51. The average Bonchev–Trinajstić information content (AvgIpc) is 3.32. The van der Waals surface area contributed by atoms with E-state index in [1.165, 1.54) is 0 Å². The van der Waals surface area contributed by atoms with Crippen LogP contribution in [-0.4, -0.2) is 21.4 Å². The number of benzene rings is 2. The Labute approximate surface area is 181 Å². The maximum Gasteiger partial charge on any atom is 0.291 e. The highest BCUT2D eigenvalue weighted by atomic mass is 79.9. The molecule has 0 aliphatic rings. The molecule has 2 aromatic carbocycles. The van der Waals surface area contributed by atoms with Crippen LogP contribution >= 0.6 is 15.9 Å². The molecule has 2 aromatic heterocycles. The zero-order valence-corrected chi connectivity index (χ0v) is 17.8. The van der Waals surface area contributed by atoms with Crippen LogP contribution < -0.4 is 10.6 Å². The summed E-state index contributed by atoms with van der Waals surface area (Å²) < 4.78 is 7.72. The Bertz CT molecular complexity index is 1230. The molecule has 0 atom stereocenters. The summed E-state index contributed by atoms with van der Waals surface area (Å²) in [6.07, 6.45) is 0.910. The Morgan fingerprint density at radius 2 is 1.87 bits per heavy atom. The standard InChI is InChI=1S/C22H19BrN4O3/c1-2-12-27-17-9-4-3-8-16(17)25-22(27)26-20(28)14-6-5-7-15(13-14)24-21(29)18-10-11-19(23)30-18/h3-11,13H,2,12H2,1H3,(H,24,29)(H,25,26,28). The predicted octanol–water partition coefficient (Wildman–Crippen LogP) is 5.31. The summed E-state index contributed by atoms with van der Waals surface area (Å²) in [5.74, 6) is -0.0366. The van der Waals surface area contributed by atoms with Gasteiger partial charge in [0, 0.05) is 17.8 Å². The number of rotatable bonds is 6. The molecule has 0 bridgehead atoms. The van der Waals surface area contributed by atoms with E-state index < -0.39 is 5.91 Å². The molecule has 2 heterocycles. The number of aryl methyl sites for hydroxylation is 1. The quantitative estimate of drug-likeness (QED) is 0.403. The van der Waals surface area contributed by atoms with Crippen LogP contribution in [0.25, 0.3) is 11.0 Å². The van der Waals surface area contributed by atoms with Gasteiger partial charge in [0.25, 0.3) is 11.8 Å². The zero-order chi connectivity index (χ0) is 21.1. The Morgan fingerprint density at radius 3 is 2.63 bits per heavy atom. The first kappa shape index (κ1) is 19.9. The molecule has 0 saturated heterocycles. The van der Waals surface area contributed by atoms with E-state index >= 15 is 0 Å². The fourth-order valence-corrected chi connectivity index (χ4v) is 3.47. The summed E-state index contributed by atoms with van der Waals surface area (Å²) in [7, 11) is 0.